The van der Waals surface area contributed by atoms with Gasteiger partial charge in [-0.25, -0.2) is 12.8 Å². The van der Waals surface area contributed by atoms with Crippen LogP contribution in [0.5, 0.6) is 0 Å². The third-order valence-electron chi connectivity index (χ3n) is 3.83. The van der Waals surface area contributed by atoms with Crippen molar-refractivity contribution in [2.75, 3.05) is 29.4 Å². The number of carbonyl (C=O) groups excluding carboxylic acids is 1. The summed E-state index contributed by atoms with van der Waals surface area (Å²) in [6, 6.07) is 11.0. The maximum atomic E-state index is 13.5. The van der Waals surface area contributed by atoms with Crippen LogP contribution in [0, 0.1) is 5.82 Å². The Bertz CT molecular complexity index is 938. The van der Waals surface area contributed by atoms with Crippen molar-refractivity contribution in [3.05, 3.63) is 63.9 Å². The molecule has 2 rings (SSSR count). The molecular formula is C19H21Cl2FN2O3S2. The van der Waals surface area contributed by atoms with Crippen LogP contribution in [0.25, 0.3) is 0 Å². The van der Waals surface area contributed by atoms with Crippen LogP contribution in [0.1, 0.15) is 12.0 Å². The Morgan fingerprint density at radius 2 is 1.83 bits per heavy atom. The number of sulfonamides is 1. The predicted molar refractivity (Wildman–Crippen MR) is 119 cm³/mol. The Balaban J connectivity index is 1.81. The summed E-state index contributed by atoms with van der Waals surface area (Å²) in [4.78, 5) is 12.2. The molecule has 0 heterocycles. The van der Waals surface area contributed by atoms with Gasteiger partial charge in [-0.3, -0.25) is 9.10 Å². The Morgan fingerprint density at radius 3 is 2.45 bits per heavy atom. The molecule has 0 unspecified atom stereocenters. The smallest absolute Gasteiger partial charge is 0.240 e. The van der Waals surface area contributed by atoms with Crippen LogP contribution in [0.15, 0.2) is 42.5 Å². The van der Waals surface area contributed by atoms with Crippen LogP contribution in [0.3, 0.4) is 0 Å². The van der Waals surface area contributed by atoms with Crippen molar-refractivity contribution in [3.63, 3.8) is 0 Å². The Kier molecular flexibility index (Phi) is 9.07. The summed E-state index contributed by atoms with van der Waals surface area (Å²) in [6.45, 7) is 0.00881. The molecule has 0 radical (unpaired) electrons. The van der Waals surface area contributed by atoms with Crippen LogP contribution in [0.2, 0.25) is 10.0 Å². The molecule has 5 nitrogen and oxygen atoms in total. The summed E-state index contributed by atoms with van der Waals surface area (Å²) in [6.07, 6.45) is 1.68. The zero-order chi connectivity index (χ0) is 21.4. The standard InChI is InChI=1S/C19H21Cl2FN2O3S2/c1-29(26,27)24(17-10-15(20)9-16(21)11-17)12-19(25)23-7-4-8-28-13-14-5-2-3-6-18(14)22/h2-3,5-6,9-11H,4,7-8,12-13H2,1H3,(H,23,25). The minimum absolute atomic E-state index is 0.223. The fourth-order valence-corrected chi connectivity index (χ4v) is 4.77. The molecule has 0 atom stereocenters. The van der Waals surface area contributed by atoms with Crippen LogP contribution in [-0.2, 0) is 20.6 Å². The molecule has 1 N–H and O–H groups in total. The molecule has 0 aliphatic heterocycles. The number of thioether (sulfide) groups is 1. The monoisotopic (exact) mass is 478 g/mol. The summed E-state index contributed by atoms with van der Waals surface area (Å²) < 4.78 is 38.7. The molecule has 29 heavy (non-hydrogen) atoms. The average molecular weight is 479 g/mol. The van der Waals surface area contributed by atoms with Gasteiger partial charge in [-0.2, -0.15) is 11.8 Å². The lowest BCUT2D eigenvalue weighted by molar-refractivity contribution is -0.119. The number of nitrogens with zero attached hydrogens (tertiary/aromatic N) is 1. The van der Waals surface area contributed by atoms with E-state index < -0.39 is 15.9 Å². The average Bonchev–Trinajstić information content (AvgIpc) is 2.62. The van der Waals surface area contributed by atoms with Gasteiger partial charge in [0.2, 0.25) is 15.9 Å². The Labute approximate surface area is 184 Å². The van der Waals surface area contributed by atoms with Crippen molar-refractivity contribution < 1.29 is 17.6 Å². The fraction of sp³-hybridized carbons (Fsp3) is 0.316. The Hall–Kier alpha value is -1.48. The minimum Gasteiger partial charge on any atom is -0.354 e. The van der Waals surface area contributed by atoms with E-state index >= 15 is 0 Å². The van der Waals surface area contributed by atoms with Crippen LogP contribution < -0.4 is 9.62 Å². The molecule has 1 amide bonds. The number of nitrogens with one attached hydrogen (secondary N) is 1. The van der Waals surface area contributed by atoms with Crippen LogP contribution >= 0.6 is 35.0 Å². The van der Waals surface area contributed by atoms with Crippen molar-refractivity contribution in [1.82, 2.24) is 5.32 Å². The summed E-state index contributed by atoms with van der Waals surface area (Å²) in [5.41, 5.74) is 0.867. The first-order chi connectivity index (χ1) is 13.7. The van der Waals surface area contributed by atoms with Gasteiger partial charge in [-0.05, 0) is 42.0 Å². The van der Waals surface area contributed by atoms with Crippen molar-refractivity contribution in [1.29, 1.82) is 0 Å². The first kappa shape index (κ1) is 23.8. The van der Waals surface area contributed by atoms with Gasteiger partial charge >= 0.3 is 0 Å². The topological polar surface area (TPSA) is 66.5 Å². The highest BCUT2D eigenvalue weighted by Gasteiger charge is 2.21. The van der Waals surface area contributed by atoms with Gasteiger partial charge in [-0.1, -0.05) is 41.4 Å². The van der Waals surface area contributed by atoms with Gasteiger partial charge in [0.25, 0.3) is 0 Å². The van der Waals surface area contributed by atoms with Crippen molar-refractivity contribution >= 4 is 56.6 Å². The maximum absolute atomic E-state index is 13.5. The summed E-state index contributed by atoms with van der Waals surface area (Å²) in [5, 5.41) is 3.24. The van der Waals surface area contributed by atoms with Crippen molar-refractivity contribution in [2.45, 2.75) is 12.2 Å². The van der Waals surface area contributed by atoms with Gasteiger partial charge in [0, 0.05) is 22.3 Å². The van der Waals surface area contributed by atoms with E-state index in [1.807, 2.05) is 0 Å². The van der Waals surface area contributed by atoms with E-state index in [1.165, 1.54) is 24.3 Å². The van der Waals surface area contributed by atoms with E-state index in [9.17, 15) is 17.6 Å². The minimum atomic E-state index is -3.70. The van der Waals surface area contributed by atoms with Gasteiger partial charge in [-0.15, -0.1) is 0 Å². The largest absolute Gasteiger partial charge is 0.354 e. The van der Waals surface area contributed by atoms with E-state index in [4.69, 9.17) is 23.2 Å². The summed E-state index contributed by atoms with van der Waals surface area (Å²) in [5.74, 6) is 0.618. The summed E-state index contributed by atoms with van der Waals surface area (Å²) in [7, 11) is -3.70. The molecule has 0 aliphatic carbocycles. The zero-order valence-electron chi connectivity index (χ0n) is 15.7. The van der Waals surface area contributed by atoms with Gasteiger partial charge in [0.1, 0.15) is 12.4 Å². The van der Waals surface area contributed by atoms with E-state index in [0.717, 1.165) is 16.3 Å². The number of rotatable bonds is 10. The predicted octanol–water partition coefficient (Wildman–Crippen LogP) is 4.34. The van der Waals surface area contributed by atoms with Gasteiger partial charge < -0.3 is 5.32 Å². The van der Waals surface area contributed by atoms with Crippen molar-refractivity contribution in [3.8, 4) is 0 Å². The van der Waals surface area contributed by atoms with Crippen LogP contribution in [0.4, 0.5) is 10.1 Å². The molecule has 2 aromatic carbocycles. The highest BCUT2D eigenvalue weighted by Crippen LogP contribution is 2.26. The first-order valence-electron chi connectivity index (χ1n) is 8.68. The van der Waals surface area contributed by atoms with Gasteiger partial charge in [0.15, 0.2) is 0 Å². The second kappa shape index (κ2) is 11.1. The number of benzene rings is 2. The maximum Gasteiger partial charge on any atom is 0.240 e. The van der Waals surface area contributed by atoms with E-state index in [1.54, 1.807) is 30.0 Å². The lowest BCUT2D eigenvalue weighted by Crippen LogP contribution is -2.40. The van der Waals surface area contributed by atoms with Gasteiger partial charge in [0.05, 0.1) is 11.9 Å². The zero-order valence-corrected chi connectivity index (χ0v) is 18.8. The molecule has 0 saturated heterocycles. The third-order valence-corrected chi connectivity index (χ3v) is 6.50. The molecule has 0 fully saturated rings. The van der Waals surface area contributed by atoms with Crippen LogP contribution in [-0.4, -0.2) is 39.4 Å². The third kappa shape index (κ3) is 8.04. The number of hydrogen-bond donors (Lipinski definition) is 1. The molecule has 0 aliphatic rings. The fourth-order valence-electron chi connectivity index (χ4n) is 2.47. The molecule has 2 aromatic rings. The van der Waals surface area contributed by atoms with E-state index in [-0.39, 0.29) is 28.1 Å². The molecule has 0 bridgehead atoms. The van der Waals surface area contributed by atoms with E-state index in [2.05, 4.69) is 5.32 Å². The highest BCUT2D eigenvalue weighted by molar-refractivity contribution is 7.98. The molecule has 158 valence electrons. The Morgan fingerprint density at radius 1 is 1.17 bits per heavy atom. The molecule has 0 aromatic heterocycles. The number of anilines is 1. The molecule has 0 spiro atoms. The normalized spacial score (nSPS) is 11.3. The molecular weight excluding hydrogens is 458 g/mol. The number of halogens is 3. The molecule has 0 saturated carbocycles. The first-order valence-corrected chi connectivity index (χ1v) is 12.4. The second-order valence-corrected chi connectivity index (χ2v) is 10.1. The number of hydrogen-bond acceptors (Lipinski definition) is 4. The highest BCUT2D eigenvalue weighted by atomic mass is 35.5. The molecule has 10 heteroatoms. The SMILES string of the molecule is CS(=O)(=O)N(CC(=O)NCCCSCc1ccccc1F)c1cc(Cl)cc(Cl)c1. The van der Waals surface area contributed by atoms with Crippen molar-refractivity contribution in [2.24, 2.45) is 0 Å². The number of carbonyl (C=O) groups is 1. The lowest BCUT2D eigenvalue weighted by Gasteiger charge is -2.22. The second-order valence-electron chi connectivity index (χ2n) is 6.24. The number of amides is 1. The van der Waals surface area contributed by atoms with E-state index in [0.29, 0.717) is 24.3 Å². The quantitative estimate of drug-likeness (QED) is 0.515. The lowest BCUT2D eigenvalue weighted by atomic mass is 10.2. The summed E-state index contributed by atoms with van der Waals surface area (Å²) >= 11 is 13.4.